The SMILES string of the molecule is CCOCC(=O)N[C@H]1CC[C@@H](C(=O)NCCc2nc(C)cc(C)n2)CN(C)C1.O=CO. The van der Waals surface area contributed by atoms with Crippen LogP contribution < -0.4 is 10.6 Å². The van der Waals surface area contributed by atoms with Gasteiger partial charge in [0.15, 0.2) is 0 Å². The van der Waals surface area contributed by atoms with E-state index in [1.165, 1.54) is 0 Å². The topological polar surface area (TPSA) is 134 Å². The molecule has 31 heavy (non-hydrogen) atoms. The first-order valence-corrected chi connectivity index (χ1v) is 10.5. The average molecular weight is 438 g/mol. The summed E-state index contributed by atoms with van der Waals surface area (Å²) in [5.74, 6) is 0.626. The van der Waals surface area contributed by atoms with E-state index in [1.54, 1.807) is 0 Å². The molecular weight excluding hydrogens is 402 g/mol. The van der Waals surface area contributed by atoms with Crippen LogP contribution >= 0.6 is 0 Å². The largest absolute Gasteiger partial charge is 0.483 e. The molecule has 1 aromatic heterocycles. The molecule has 10 nitrogen and oxygen atoms in total. The summed E-state index contributed by atoms with van der Waals surface area (Å²) in [5, 5.41) is 12.9. The minimum atomic E-state index is -0.250. The second-order valence-corrected chi connectivity index (χ2v) is 7.61. The lowest BCUT2D eigenvalue weighted by atomic mass is 10.0. The third kappa shape index (κ3) is 10.8. The number of aryl methyl sites for hydroxylation is 2. The molecule has 1 aliphatic rings. The van der Waals surface area contributed by atoms with Crippen molar-refractivity contribution >= 4 is 18.3 Å². The van der Waals surface area contributed by atoms with E-state index in [9.17, 15) is 9.59 Å². The van der Waals surface area contributed by atoms with Gasteiger partial charge < -0.3 is 25.4 Å². The van der Waals surface area contributed by atoms with Crippen molar-refractivity contribution < 1.29 is 24.2 Å². The van der Waals surface area contributed by atoms with Crippen molar-refractivity contribution in [1.29, 1.82) is 0 Å². The number of carbonyl (C=O) groups excluding carboxylic acids is 2. The summed E-state index contributed by atoms with van der Waals surface area (Å²) in [6.45, 7) is 8.05. The quantitative estimate of drug-likeness (QED) is 0.495. The van der Waals surface area contributed by atoms with Crippen LogP contribution in [0.2, 0.25) is 0 Å². The maximum Gasteiger partial charge on any atom is 0.290 e. The summed E-state index contributed by atoms with van der Waals surface area (Å²) in [6.07, 6.45) is 2.14. The molecule has 2 heterocycles. The minimum Gasteiger partial charge on any atom is -0.483 e. The summed E-state index contributed by atoms with van der Waals surface area (Å²) in [4.78, 5) is 43.8. The number of aromatic nitrogens is 2. The number of nitrogens with one attached hydrogen (secondary N) is 2. The molecule has 1 aliphatic heterocycles. The molecule has 2 rings (SSSR count). The fourth-order valence-corrected chi connectivity index (χ4v) is 3.56. The van der Waals surface area contributed by atoms with Crippen molar-refractivity contribution in [1.82, 2.24) is 25.5 Å². The number of ether oxygens (including phenoxy) is 1. The highest BCUT2D eigenvalue weighted by Crippen LogP contribution is 2.16. The molecule has 0 radical (unpaired) electrons. The fraction of sp³-hybridized carbons (Fsp3) is 0.667. The smallest absolute Gasteiger partial charge is 0.290 e. The molecule has 10 heteroatoms. The van der Waals surface area contributed by atoms with E-state index in [0.29, 0.717) is 26.1 Å². The Balaban J connectivity index is 0.00000151. The fourth-order valence-electron chi connectivity index (χ4n) is 3.56. The van der Waals surface area contributed by atoms with Crippen molar-refractivity contribution in [3.63, 3.8) is 0 Å². The number of amides is 2. The summed E-state index contributed by atoms with van der Waals surface area (Å²) >= 11 is 0. The third-order valence-corrected chi connectivity index (χ3v) is 4.78. The van der Waals surface area contributed by atoms with Crippen LogP contribution in [0.25, 0.3) is 0 Å². The highest BCUT2D eigenvalue weighted by Gasteiger charge is 2.27. The Bertz CT molecular complexity index is 695. The van der Waals surface area contributed by atoms with Crippen molar-refractivity contribution in [3.05, 3.63) is 23.3 Å². The van der Waals surface area contributed by atoms with E-state index < -0.39 is 0 Å². The van der Waals surface area contributed by atoms with Gasteiger partial charge in [-0.1, -0.05) is 0 Å². The van der Waals surface area contributed by atoms with Crippen LogP contribution in [0.1, 0.15) is 37.0 Å². The number of likely N-dealkylation sites (tertiary alicyclic amines) is 1. The van der Waals surface area contributed by atoms with Crippen LogP contribution in [-0.2, 0) is 25.5 Å². The van der Waals surface area contributed by atoms with Crippen molar-refractivity contribution in [2.45, 2.75) is 46.1 Å². The first-order valence-electron chi connectivity index (χ1n) is 10.5. The van der Waals surface area contributed by atoms with Gasteiger partial charge in [-0.05, 0) is 46.7 Å². The number of hydrogen-bond acceptors (Lipinski definition) is 7. The lowest BCUT2D eigenvalue weighted by molar-refractivity contribution is -0.126. The molecule has 2 atom stereocenters. The molecule has 0 aliphatic carbocycles. The standard InChI is InChI=1S/C20H33N5O3.CH2O2/c1-5-28-13-19(26)24-17-7-6-16(11-25(4)12-17)20(27)21-9-8-18-22-14(2)10-15(3)23-18;2-1-3/h10,16-17H,5-9,11-13H2,1-4H3,(H,21,27)(H,24,26);1H,(H,2,3)/t16-,17+;/m1./s1. The molecule has 1 saturated heterocycles. The zero-order valence-electron chi connectivity index (χ0n) is 18.9. The van der Waals surface area contributed by atoms with Gasteiger partial charge in [0.05, 0.1) is 5.92 Å². The Morgan fingerprint density at radius 2 is 1.90 bits per heavy atom. The number of carboxylic acid groups (broad SMARTS) is 1. The minimum absolute atomic E-state index is 0.0411. The normalized spacial score (nSPS) is 18.8. The molecule has 0 bridgehead atoms. The summed E-state index contributed by atoms with van der Waals surface area (Å²) < 4.78 is 5.15. The third-order valence-electron chi connectivity index (χ3n) is 4.78. The van der Waals surface area contributed by atoms with Gasteiger partial charge in [-0.3, -0.25) is 14.4 Å². The Hall–Kier alpha value is -2.59. The monoisotopic (exact) mass is 437 g/mol. The molecular formula is C21H35N5O5. The molecule has 174 valence electrons. The summed E-state index contributed by atoms with van der Waals surface area (Å²) in [6, 6.07) is 1.98. The Kier molecular flexibility index (Phi) is 12.3. The lowest BCUT2D eigenvalue weighted by Crippen LogP contribution is -2.43. The first-order chi connectivity index (χ1) is 14.8. The van der Waals surface area contributed by atoms with Crippen LogP contribution in [0.3, 0.4) is 0 Å². The van der Waals surface area contributed by atoms with Crippen LogP contribution in [0.15, 0.2) is 6.07 Å². The Morgan fingerprint density at radius 3 is 2.52 bits per heavy atom. The van der Waals surface area contributed by atoms with E-state index in [-0.39, 0.29) is 36.9 Å². The molecule has 1 aromatic rings. The van der Waals surface area contributed by atoms with Crippen molar-refractivity contribution in [2.75, 3.05) is 39.9 Å². The predicted octanol–water partition coefficient (Wildman–Crippen LogP) is 0.316. The van der Waals surface area contributed by atoms with Crippen molar-refractivity contribution in [3.8, 4) is 0 Å². The molecule has 0 saturated carbocycles. The molecule has 0 aromatic carbocycles. The zero-order chi connectivity index (χ0) is 23.2. The van der Waals surface area contributed by atoms with Gasteiger partial charge in [0.25, 0.3) is 6.47 Å². The lowest BCUT2D eigenvalue weighted by Gasteiger charge is -2.21. The van der Waals surface area contributed by atoms with Gasteiger partial charge in [0.2, 0.25) is 11.8 Å². The van der Waals surface area contributed by atoms with Gasteiger partial charge in [-0.25, -0.2) is 9.97 Å². The molecule has 1 fully saturated rings. The maximum atomic E-state index is 12.6. The maximum absolute atomic E-state index is 12.6. The van der Waals surface area contributed by atoms with E-state index in [0.717, 1.165) is 36.6 Å². The number of likely N-dealkylation sites (N-methyl/N-ethyl adjacent to an activating group) is 1. The van der Waals surface area contributed by atoms with Crippen molar-refractivity contribution in [2.24, 2.45) is 5.92 Å². The van der Waals surface area contributed by atoms with Crippen LogP contribution in [0, 0.1) is 19.8 Å². The van der Waals surface area contributed by atoms with Crippen LogP contribution in [0.4, 0.5) is 0 Å². The number of nitrogens with zero attached hydrogens (tertiary/aromatic N) is 3. The zero-order valence-corrected chi connectivity index (χ0v) is 18.9. The average Bonchev–Trinajstić information content (AvgIpc) is 2.87. The van der Waals surface area contributed by atoms with Crippen LogP contribution in [-0.4, -0.2) is 84.2 Å². The molecule has 3 N–H and O–H groups in total. The van der Waals surface area contributed by atoms with E-state index in [1.807, 2.05) is 33.9 Å². The number of carbonyl (C=O) groups is 3. The molecule has 2 amide bonds. The Morgan fingerprint density at radius 1 is 1.26 bits per heavy atom. The second-order valence-electron chi connectivity index (χ2n) is 7.61. The van der Waals surface area contributed by atoms with Gasteiger partial charge in [-0.2, -0.15) is 0 Å². The second kappa shape index (κ2) is 14.4. The van der Waals surface area contributed by atoms with E-state index in [4.69, 9.17) is 14.6 Å². The number of rotatable bonds is 8. The van der Waals surface area contributed by atoms with Crippen LogP contribution in [0.5, 0.6) is 0 Å². The van der Waals surface area contributed by atoms with Gasteiger partial charge in [-0.15, -0.1) is 0 Å². The first kappa shape index (κ1) is 26.4. The highest BCUT2D eigenvalue weighted by molar-refractivity contribution is 5.79. The van der Waals surface area contributed by atoms with Gasteiger partial charge in [0, 0.05) is 50.1 Å². The van der Waals surface area contributed by atoms with Gasteiger partial charge >= 0.3 is 0 Å². The Labute approximate surface area is 183 Å². The number of hydrogen-bond donors (Lipinski definition) is 3. The van der Waals surface area contributed by atoms with E-state index >= 15 is 0 Å². The molecule has 0 unspecified atom stereocenters. The summed E-state index contributed by atoms with van der Waals surface area (Å²) in [5.41, 5.74) is 1.88. The van der Waals surface area contributed by atoms with Gasteiger partial charge in [0.1, 0.15) is 12.4 Å². The highest BCUT2D eigenvalue weighted by atomic mass is 16.5. The van der Waals surface area contributed by atoms with E-state index in [2.05, 4.69) is 25.5 Å². The summed E-state index contributed by atoms with van der Waals surface area (Å²) in [7, 11) is 1.98. The predicted molar refractivity (Wildman–Crippen MR) is 116 cm³/mol. The molecule has 0 spiro atoms.